The van der Waals surface area contributed by atoms with E-state index in [9.17, 15) is 5.41 Å². The third-order valence-electron chi connectivity index (χ3n) is 9.63. The van der Waals surface area contributed by atoms with E-state index in [1.807, 2.05) is 110 Å². The number of aromatic nitrogens is 1. The molecule has 3 aliphatic rings. The van der Waals surface area contributed by atoms with Gasteiger partial charge >= 0.3 is 0 Å². The number of ether oxygens (including phenoxy) is 2. The maximum absolute atomic E-state index is 9.40. The first-order valence-electron chi connectivity index (χ1n) is 17.5. The molecule has 264 valence electrons. The van der Waals surface area contributed by atoms with Crippen LogP contribution < -0.4 is 5.73 Å². The molecule has 0 bridgehead atoms. The lowest BCUT2D eigenvalue weighted by Crippen LogP contribution is -2.27. The van der Waals surface area contributed by atoms with Gasteiger partial charge in [0.15, 0.2) is 23.3 Å². The number of rotatable bonds is 8. The number of nitrogens with two attached hydrogens (primary N) is 1. The molecular weight excluding hydrogens is 669 g/mol. The molecule has 3 aliphatic heterocycles. The van der Waals surface area contributed by atoms with E-state index in [1.165, 1.54) is 12.1 Å². The fourth-order valence-corrected chi connectivity index (χ4v) is 7.92. The van der Waals surface area contributed by atoms with Crippen LogP contribution in [0.15, 0.2) is 117 Å². The third kappa shape index (κ3) is 5.65. The minimum atomic E-state index is -0.544. The second-order valence-electron chi connectivity index (χ2n) is 12.4. The van der Waals surface area contributed by atoms with Crippen LogP contribution >= 0.6 is 12.1 Å². The van der Waals surface area contributed by atoms with Crippen molar-refractivity contribution in [3.8, 4) is 0 Å². The summed E-state index contributed by atoms with van der Waals surface area (Å²) in [6.45, 7) is 8.54. The highest BCUT2D eigenvalue weighted by molar-refractivity contribution is 7.96. The summed E-state index contributed by atoms with van der Waals surface area (Å²) < 4.78 is 15.0. The molecule has 5 aromatic rings. The van der Waals surface area contributed by atoms with E-state index in [0.29, 0.717) is 35.7 Å². The Labute approximate surface area is 308 Å². The molecule has 11 heteroatoms. The number of hydrogen-bond acceptors (Lipinski definition) is 8. The molecule has 0 aliphatic carbocycles. The number of aliphatic imine (C=N–C) groups is 4. The van der Waals surface area contributed by atoms with Gasteiger partial charge in [0, 0.05) is 52.8 Å². The Kier molecular flexibility index (Phi) is 9.67. The largest absolute Gasteiger partial charge is 0.384 e. The normalized spacial score (nSPS) is 19.3. The van der Waals surface area contributed by atoms with Gasteiger partial charge in [0.25, 0.3) is 0 Å². The van der Waals surface area contributed by atoms with Gasteiger partial charge in [-0.25, -0.2) is 23.3 Å². The van der Waals surface area contributed by atoms with E-state index in [0.717, 1.165) is 56.3 Å². The summed E-state index contributed by atoms with van der Waals surface area (Å²) in [6.07, 6.45) is 0.539. The summed E-state index contributed by atoms with van der Waals surface area (Å²) in [7, 11) is 3.38. The Bertz CT molecular complexity index is 2320. The first kappa shape index (κ1) is 35.1. The number of hydrogen-bond donors (Lipinski definition) is 2. The molecule has 3 N–H and O–H groups in total. The summed E-state index contributed by atoms with van der Waals surface area (Å²) in [5, 5.41) is 11.1. The maximum atomic E-state index is 9.40. The second-order valence-corrected chi connectivity index (χ2v) is 13.3. The van der Waals surface area contributed by atoms with Crippen LogP contribution in [0.1, 0.15) is 67.5 Å². The highest BCUT2D eigenvalue weighted by atomic mass is 32.2. The fraction of sp³-hybridized carbons (Fsp3) is 0.244. The molecule has 0 radical (unpaired) electrons. The third-order valence-corrected chi connectivity index (χ3v) is 10.7. The van der Waals surface area contributed by atoms with E-state index in [1.54, 1.807) is 18.5 Å². The minimum Gasteiger partial charge on any atom is -0.384 e. The molecule has 1 aromatic heterocycles. The van der Waals surface area contributed by atoms with Crippen molar-refractivity contribution in [2.45, 2.75) is 45.8 Å². The number of nitrogens with one attached hydrogen (secondary N) is 1. The number of amidine groups is 4. The van der Waals surface area contributed by atoms with Crippen LogP contribution in [-0.4, -0.2) is 64.3 Å². The Morgan fingerprint density at radius 2 is 1.44 bits per heavy atom. The van der Waals surface area contributed by atoms with Gasteiger partial charge in [0.2, 0.25) is 0 Å². The lowest BCUT2D eigenvalue weighted by Gasteiger charge is -2.24. The molecular formula is C41H42N8O2S. The number of fused-ring (bicyclic) bond motifs is 4. The van der Waals surface area contributed by atoms with Gasteiger partial charge < -0.3 is 15.2 Å². The molecule has 10 nitrogen and oxygen atoms in total. The lowest BCUT2D eigenvalue weighted by molar-refractivity contribution is 0.132. The Morgan fingerprint density at radius 3 is 2.13 bits per heavy atom. The predicted molar refractivity (Wildman–Crippen MR) is 215 cm³/mol. The highest BCUT2D eigenvalue weighted by Gasteiger charge is 2.40. The molecule has 0 spiro atoms. The van der Waals surface area contributed by atoms with Crippen molar-refractivity contribution in [2.24, 2.45) is 20.0 Å². The van der Waals surface area contributed by atoms with Crippen molar-refractivity contribution in [3.63, 3.8) is 0 Å². The first-order chi connectivity index (χ1) is 25.4. The van der Waals surface area contributed by atoms with E-state index in [2.05, 4.69) is 19.1 Å². The monoisotopic (exact) mass is 710 g/mol. The lowest BCUT2D eigenvalue weighted by atomic mass is 9.88. The van der Waals surface area contributed by atoms with Crippen molar-refractivity contribution >= 4 is 63.6 Å². The Hall–Kier alpha value is -5.36. The minimum absolute atomic E-state index is 0.215. The number of nitrogen functional groups attached to an aromatic ring is 1. The highest BCUT2D eigenvalue weighted by Crippen LogP contribution is 2.43. The van der Waals surface area contributed by atoms with Gasteiger partial charge in [-0.2, -0.15) is 0 Å². The fourth-order valence-electron chi connectivity index (χ4n) is 6.95. The second kappa shape index (κ2) is 14.3. The Morgan fingerprint density at radius 1 is 0.827 bits per heavy atom. The van der Waals surface area contributed by atoms with Crippen LogP contribution in [0.3, 0.4) is 0 Å². The molecule has 2 atom stereocenters. The molecule has 52 heavy (non-hydrogen) atoms. The summed E-state index contributed by atoms with van der Waals surface area (Å²) in [5.74, 6) is 3.16. The molecule has 8 rings (SSSR count). The molecule has 2 unspecified atom stereocenters. The zero-order chi connectivity index (χ0) is 36.6. The van der Waals surface area contributed by atoms with E-state index >= 15 is 0 Å². The van der Waals surface area contributed by atoms with Crippen LogP contribution in [0.25, 0.3) is 10.8 Å². The maximum Gasteiger partial charge on any atom is 0.162 e. The topological polar surface area (TPSA) is 126 Å². The summed E-state index contributed by atoms with van der Waals surface area (Å²) in [6, 6.07) is 32.0. The SMILES string of the molecule is CC.CCC1(COC)N=C(N=C2c3ccccc3C(=N)N2Sn2c(N)c3ccccc3c2/N=C2\N=C(C(C)OC)c3ccccc32)c2ccccc21. The number of methoxy groups -OCH3 is 2. The average molecular weight is 711 g/mol. The van der Waals surface area contributed by atoms with Crippen molar-refractivity contribution in [3.05, 3.63) is 130 Å². The Balaban J connectivity index is 0.00000207. The van der Waals surface area contributed by atoms with Crippen molar-refractivity contribution < 1.29 is 9.47 Å². The standard InChI is InChI=1S/C39H36N8O2S.C2H6/c1-5-39(22-48-3)31-21-13-12-20-30(31)36(45-39)44-38-29-19-11-8-16-26(29)34(41)47(38)50-46-33(40)25-15-7-10-18-28(25)37(46)43-35-27-17-9-6-14-24(27)32(42-35)23(2)49-4;1-2/h6-21,23,41H,5,22,40H2,1-4H3;1-2H3/b41-34?,43-35-,44-38?;. The molecule has 4 heterocycles. The van der Waals surface area contributed by atoms with Gasteiger partial charge in [-0.3, -0.25) is 10.4 Å². The smallest absolute Gasteiger partial charge is 0.162 e. The summed E-state index contributed by atoms with van der Waals surface area (Å²) in [4.78, 5) is 20.6. The van der Waals surface area contributed by atoms with Gasteiger partial charge in [0.1, 0.15) is 17.2 Å². The quantitative estimate of drug-likeness (QED) is 0.157. The van der Waals surface area contributed by atoms with Crippen LogP contribution in [0.2, 0.25) is 0 Å². The average Bonchev–Trinajstić information content (AvgIpc) is 3.88. The van der Waals surface area contributed by atoms with E-state index < -0.39 is 5.54 Å². The van der Waals surface area contributed by atoms with Gasteiger partial charge in [0.05, 0.1) is 30.6 Å². The van der Waals surface area contributed by atoms with Crippen LogP contribution in [0.5, 0.6) is 0 Å². The molecule has 0 saturated carbocycles. The van der Waals surface area contributed by atoms with Gasteiger partial charge in [-0.1, -0.05) is 118 Å². The molecule has 0 amide bonds. The van der Waals surface area contributed by atoms with Crippen LogP contribution in [-0.2, 0) is 15.0 Å². The zero-order valence-corrected chi connectivity index (χ0v) is 31.0. The predicted octanol–water partition coefficient (Wildman–Crippen LogP) is 8.38. The van der Waals surface area contributed by atoms with E-state index in [4.69, 9.17) is 35.2 Å². The first-order valence-corrected chi connectivity index (χ1v) is 18.2. The number of anilines is 1. The summed E-state index contributed by atoms with van der Waals surface area (Å²) >= 11 is 1.27. The zero-order valence-electron chi connectivity index (χ0n) is 30.2. The molecule has 0 fully saturated rings. The van der Waals surface area contributed by atoms with Crippen molar-refractivity contribution in [2.75, 3.05) is 26.6 Å². The van der Waals surface area contributed by atoms with Crippen molar-refractivity contribution in [1.82, 2.24) is 8.28 Å². The van der Waals surface area contributed by atoms with Gasteiger partial charge in [-0.15, -0.1) is 0 Å². The molecule has 4 aromatic carbocycles. The van der Waals surface area contributed by atoms with E-state index in [-0.39, 0.29) is 11.9 Å². The number of nitrogens with zero attached hydrogens (tertiary/aromatic N) is 6. The van der Waals surface area contributed by atoms with Crippen LogP contribution in [0.4, 0.5) is 11.6 Å². The van der Waals surface area contributed by atoms with Gasteiger partial charge in [-0.05, 0) is 18.9 Å². The number of benzene rings is 4. The van der Waals surface area contributed by atoms with Crippen LogP contribution in [0, 0.1) is 5.41 Å². The molecule has 0 saturated heterocycles. The summed E-state index contributed by atoms with van der Waals surface area (Å²) in [5.41, 5.74) is 12.8. The van der Waals surface area contributed by atoms with Crippen molar-refractivity contribution in [1.29, 1.82) is 5.41 Å².